The van der Waals surface area contributed by atoms with Crippen LogP contribution in [0.3, 0.4) is 0 Å². The molecule has 0 saturated carbocycles. The van der Waals surface area contributed by atoms with Crippen LogP contribution in [0.15, 0.2) is 18.2 Å². The number of nitrogens with one attached hydrogen (secondary N) is 1. The van der Waals surface area contributed by atoms with Crippen LogP contribution in [-0.4, -0.2) is 37.7 Å². The summed E-state index contributed by atoms with van der Waals surface area (Å²) >= 11 is 6.23. The Morgan fingerprint density at radius 3 is 2.12 bits per heavy atom. The van der Waals surface area contributed by atoms with Gasteiger partial charge < -0.3 is 15.0 Å². The van der Waals surface area contributed by atoms with E-state index in [1.807, 2.05) is 19.1 Å². The van der Waals surface area contributed by atoms with Crippen LogP contribution in [0.2, 0.25) is 5.02 Å². The molecule has 0 fully saturated rings. The molecule has 0 aliphatic heterocycles. The van der Waals surface area contributed by atoms with Gasteiger partial charge in [0.05, 0.1) is 11.6 Å². The Balaban J connectivity index is 0. The van der Waals surface area contributed by atoms with Gasteiger partial charge in [-0.05, 0) is 70.1 Å². The lowest BCUT2D eigenvalue weighted by molar-refractivity contribution is 0.261. The van der Waals surface area contributed by atoms with Crippen molar-refractivity contribution in [3.8, 4) is 5.75 Å². The Hall–Kier alpha value is -0.190. The minimum Gasteiger partial charge on any atom is -0.492 e. The summed E-state index contributed by atoms with van der Waals surface area (Å²) in [6.45, 7) is 12.7. The highest BCUT2D eigenvalue weighted by atomic mass is 35.5. The molecule has 26 heavy (non-hydrogen) atoms. The molecule has 1 aromatic carbocycles. The SMILES string of the molecule is CCCCN(CCCC)CCCNCc1ccc(OCC)c(Cl)c1.Cl.Cl. The van der Waals surface area contributed by atoms with E-state index in [4.69, 9.17) is 16.3 Å². The predicted octanol–water partition coefficient (Wildman–Crippen LogP) is 5.96. The number of halogens is 3. The number of nitrogens with zero attached hydrogens (tertiary/aromatic N) is 1. The zero-order valence-electron chi connectivity index (χ0n) is 16.6. The summed E-state index contributed by atoms with van der Waals surface area (Å²) in [5.74, 6) is 0.769. The van der Waals surface area contributed by atoms with Crippen molar-refractivity contribution in [3.05, 3.63) is 28.8 Å². The fraction of sp³-hybridized carbons (Fsp3) is 0.700. The van der Waals surface area contributed by atoms with Gasteiger partial charge in [-0.2, -0.15) is 0 Å². The molecule has 0 unspecified atom stereocenters. The summed E-state index contributed by atoms with van der Waals surface area (Å²) < 4.78 is 5.47. The lowest BCUT2D eigenvalue weighted by atomic mass is 10.2. The molecule has 0 bridgehead atoms. The van der Waals surface area contributed by atoms with Crippen molar-refractivity contribution in [1.82, 2.24) is 10.2 Å². The molecule has 0 aliphatic carbocycles. The summed E-state index contributed by atoms with van der Waals surface area (Å²) in [5.41, 5.74) is 1.21. The average Bonchev–Trinajstić information content (AvgIpc) is 2.58. The maximum Gasteiger partial charge on any atom is 0.137 e. The van der Waals surface area contributed by atoms with Gasteiger partial charge in [0.15, 0.2) is 0 Å². The van der Waals surface area contributed by atoms with Crippen molar-refractivity contribution in [2.75, 3.05) is 32.8 Å². The molecular weight excluding hydrogens is 391 g/mol. The number of hydrogen-bond acceptors (Lipinski definition) is 3. The maximum absolute atomic E-state index is 6.23. The molecule has 0 spiro atoms. The van der Waals surface area contributed by atoms with Gasteiger partial charge in [0.25, 0.3) is 0 Å². The fourth-order valence-electron chi connectivity index (χ4n) is 2.69. The van der Waals surface area contributed by atoms with E-state index in [0.717, 1.165) is 18.8 Å². The Morgan fingerprint density at radius 2 is 1.58 bits per heavy atom. The minimum atomic E-state index is 0. The van der Waals surface area contributed by atoms with Gasteiger partial charge in [0, 0.05) is 6.54 Å². The first kappa shape index (κ1) is 28.0. The molecule has 6 heteroatoms. The van der Waals surface area contributed by atoms with Gasteiger partial charge >= 0.3 is 0 Å². The largest absolute Gasteiger partial charge is 0.492 e. The van der Waals surface area contributed by atoms with Crippen molar-refractivity contribution >= 4 is 36.4 Å². The zero-order valence-corrected chi connectivity index (χ0v) is 18.9. The number of unbranched alkanes of at least 4 members (excludes halogenated alkanes) is 2. The smallest absolute Gasteiger partial charge is 0.137 e. The van der Waals surface area contributed by atoms with E-state index in [1.165, 1.54) is 57.3 Å². The van der Waals surface area contributed by atoms with Crippen LogP contribution in [0.25, 0.3) is 0 Å². The topological polar surface area (TPSA) is 24.5 Å². The summed E-state index contributed by atoms with van der Waals surface area (Å²) in [4.78, 5) is 2.61. The van der Waals surface area contributed by atoms with E-state index in [1.54, 1.807) is 0 Å². The van der Waals surface area contributed by atoms with E-state index in [9.17, 15) is 0 Å². The van der Waals surface area contributed by atoms with Crippen LogP contribution in [-0.2, 0) is 6.54 Å². The van der Waals surface area contributed by atoms with E-state index in [-0.39, 0.29) is 24.8 Å². The van der Waals surface area contributed by atoms with Crippen molar-refractivity contribution < 1.29 is 4.74 Å². The molecular formula is C20H37Cl3N2O. The third-order valence-electron chi connectivity index (χ3n) is 4.11. The average molecular weight is 428 g/mol. The highest BCUT2D eigenvalue weighted by molar-refractivity contribution is 6.32. The molecule has 0 heterocycles. The third-order valence-corrected chi connectivity index (χ3v) is 4.40. The number of benzene rings is 1. The van der Waals surface area contributed by atoms with E-state index >= 15 is 0 Å². The molecule has 0 saturated heterocycles. The fourth-order valence-corrected chi connectivity index (χ4v) is 2.94. The lowest BCUT2D eigenvalue weighted by Gasteiger charge is -2.22. The second-order valence-corrected chi connectivity index (χ2v) is 6.68. The van der Waals surface area contributed by atoms with Gasteiger partial charge in [-0.15, -0.1) is 24.8 Å². The van der Waals surface area contributed by atoms with Crippen molar-refractivity contribution in [3.63, 3.8) is 0 Å². The van der Waals surface area contributed by atoms with Crippen molar-refractivity contribution in [1.29, 1.82) is 0 Å². The predicted molar refractivity (Wildman–Crippen MR) is 120 cm³/mol. The Morgan fingerprint density at radius 1 is 0.962 bits per heavy atom. The van der Waals surface area contributed by atoms with Crippen LogP contribution in [0.4, 0.5) is 0 Å². The van der Waals surface area contributed by atoms with E-state index in [2.05, 4.69) is 30.1 Å². The van der Waals surface area contributed by atoms with Crippen LogP contribution >= 0.6 is 36.4 Å². The molecule has 0 radical (unpaired) electrons. The molecule has 0 aliphatic rings. The molecule has 1 aromatic rings. The summed E-state index contributed by atoms with van der Waals surface area (Å²) in [6.07, 6.45) is 6.36. The molecule has 0 amide bonds. The first-order valence-electron chi connectivity index (χ1n) is 9.55. The Labute approximate surface area is 178 Å². The lowest BCUT2D eigenvalue weighted by Crippen LogP contribution is -2.29. The molecule has 0 atom stereocenters. The van der Waals surface area contributed by atoms with Gasteiger partial charge in [-0.3, -0.25) is 0 Å². The summed E-state index contributed by atoms with van der Waals surface area (Å²) in [5, 5.41) is 4.22. The summed E-state index contributed by atoms with van der Waals surface area (Å²) in [6, 6.07) is 6.03. The van der Waals surface area contributed by atoms with E-state index in [0.29, 0.717) is 11.6 Å². The second kappa shape index (κ2) is 18.2. The first-order valence-corrected chi connectivity index (χ1v) is 9.93. The highest BCUT2D eigenvalue weighted by Crippen LogP contribution is 2.25. The minimum absolute atomic E-state index is 0. The Bertz CT molecular complexity index is 439. The number of rotatable bonds is 14. The second-order valence-electron chi connectivity index (χ2n) is 6.28. The van der Waals surface area contributed by atoms with Crippen LogP contribution in [0.1, 0.15) is 58.4 Å². The molecule has 1 N–H and O–H groups in total. The Kier molecular flexibility index (Phi) is 19.6. The van der Waals surface area contributed by atoms with Gasteiger partial charge in [0.2, 0.25) is 0 Å². The van der Waals surface area contributed by atoms with Crippen LogP contribution in [0.5, 0.6) is 5.75 Å². The normalized spacial score (nSPS) is 10.3. The van der Waals surface area contributed by atoms with Gasteiger partial charge in [-0.25, -0.2) is 0 Å². The highest BCUT2D eigenvalue weighted by Gasteiger charge is 2.04. The molecule has 0 aromatic heterocycles. The van der Waals surface area contributed by atoms with Crippen molar-refractivity contribution in [2.45, 2.75) is 59.4 Å². The maximum atomic E-state index is 6.23. The van der Waals surface area contributed by atoms with Crippen LogP contribution < -0.4 is 10.1 Å². The molecule has 154 valence electrons. The van der Waals surface area contributed by atoms with E-state index < -0.39 is 0 Å². The van der Waals surface area contributed by atoms with Crippen molar-refractivity contribution in [2.24, 2.45) is 0 Å². The van der Waals surface area contributed by atoms with Gasteiger partial charge in [0.1, 0.15) is 5.75 Å². The van der Waals surface area contributed by atoms with Crippen LogP contribution in [0, 0.1) is 0 Å². The quantitative estimate of drug-likeness (QED) is 0.370. The standard InChI is InChI=1S/C20H35ClN2O.2ClH/c1-4-7-13-23(14-8-5-2)15-9-12-22-17-18-10-11-20(24-6-3)19(21)16-18;;/h10-11,16,22H,4-9,12-15,17H2,1-3H3;2*1H. The summed E-state index contributed by atoms with van der Waals surface area (Å²) in [7, 11) is 0. The first-order chi connectivity index (χ1) is 11.7. The number of ether oxygens (including phenoxy) is 1. The number of hydrogen-bond donors (Lipinski definition) is 1. The zero-order chi connectivity index (χ0) is 17.6. The third kappa shape index (κ3) is 12.2. The monoisotopic (exact) mass is 426 g/mol. The molecule has 3 nitrogen and oxygen atoms in total. The van der Waals surface area contributed by atoms with Gasteiger partial charge in [-0.1, -0.05) is 44.4 Å². The molecule has 1 rings (SSSR count).